The maximum absolute atomic E-state index is 11.5. The van der Waals surface area contributed by atoms with Crippen LogP contribution in [0.1, 0.15) is 21.9 Å². The molecule has 0 atom stereocenters. The van der Waals surface area contributed by atoms with E-state index in [-0.39, 0.29) is 0 Å². The number of hydrogen-bond donors (Lipinski definition) is 2. The van der Waals surface area contributed by atoms with Crippen LogP contribution in [0.3, 0.4) is 0 Å². The van der Waals surface area contributed by atoms with E-state index in [1.54, 1.807) is 18.2 Å². The van der Waals surface area contributed by atoms with Gasteiger partial charge in [0.15, 0.2) is 0 Å². The molecule has 5 heteroatoms. The molecule has 100 valence electrons. The molecule has 0 aliphatic carbocycles. The van der Waals surface area contributed by atoms with Gasteiger partial charge in [-0.2, -0.15) is 0 Å². The van der Waals surface area contributed by atoms with Gasteiger partial charge in [-0.3, -0.25) is 4.79 Å². The van der Waals surface area contributed by atoms with E-state index in [9.17, 15) is 4.79 Å². The molecule has 1 aromatic heterocycles. The van der Waals surface area contributed by atoms with Crippen molar-refractivity contribution in [1.82, 2.24) is 0 Å². The number of nitrogens with zero attached hydrogens (tertiary/aromatic N) is 1. The fraction of sp³-hybridized carbons (Fsp3) is 0.214. The fourth-order valence-corrected chi connectivity index (χ4v) is 1.97. The second kappa shape index (κ2) is 5.06. The summed E-state index contributed by atoms with van der Waals surface area (Å²) in [6.07, 6.45) is 0. The van der Waals surface area contributed by atoms with Gasteiger partial charge < -0.3 is 20.8 Å². The first-order chi connectivity index (χ1) is 8.97. The molecule has 2 rings (SSSR count). The molecule has 0 saturated carbocycles. The summed E-state index contributed by atoms with van der Waals surface area (Å²) in [5, 5.41) is 0. The Labute approximate surface area is 111 Å². The van der Waals surface area contributed by atoms with E-state index in [2.05, 4.69) is 0 Å². The van der Waals surface area contributed by atoms with Crippen LogP contribution in [-0.4, -0.2) is 13.0 Å². The Morgan fingerprint density at radius 1 is 1.32 bits per heavy atom. The number of nitrogens with two attached hydrogens (primary N) is 2. The molecule has 0 fully saturated rings. The van der Waals surface area contributed by atoms with Gasteiger partial charge in [0.05, 0.1) is 12.1 Å². The number of carbonyl (C=O) groups excluding carboxylic acids is 1. The van der Waals surface area contributed by atoms with Crippen molar-refractivity contribution in [3.8, 4) is 0 Å². The maximum Gasteiger partial charge on any atom is 0.250 e. The average molecular weight is 259 g/mol. The number of benzene rings is 1. The van der Waals surface area contributed by atoms with Crippen molar-refractivity contribution in [2.75, 3.05) is 17.7 Å². The van der Waals surface area contributed by atoms with E-state index in [1.807, 2.05) is 31.0 Å². The van der Waals surface area contributed by atoms with Gasteiger partial charge in [-0.15, -0.1) is 0 Å². The van der Waals surface area contributed by atoms with Crippen LogP contribution in [0.4, 0.5) is 11.4 Å². The summed E-state index contributed by atoms with van der Waals surface area (Å²) in [6, 6.07) is 8.92. The molecule has 0 spiro atoms. The van der Waals surface area contributed by atoms with E-state index in [0.717, 1.165) is 17.2 Å². The Morgan fingerprint density at radius 2 is 2.05 bits per heavy atom. The Morgan fingerprint density at radius 3 is 2.63 bits per heavy atom. The number of nitrogen functional groups attached to an aromatic ring is 1. The highest BCUT2D eigenvalue weighted by Crippen LogP contribution is 2.23. The van der Waals surface area contributed by atoms with E-state index in [0.29, 0.717) is 17.8 Å². The van der Waals surface area contributed by atoms with Gasteiger partial charge in [-0.05, 0) is 37.3 Å². The highest BCUT2D eigenvalue weighted by molar-refractivity contribution is 5.99. The number of hydrogen-bond acceptors (Lipinski definition) is 4. The minimum absolute atomic E-state index is 0.408. The third-order valence-corrected chi connectivity index (χ3v) is 2.89. The quantitative estimate of drug-likeness (QED) is 0.821. The lowest BCUT2D eigenvalue weighted by Gasteiger charge is -2.20. The van der Waals surface area contributed by atoms with E-state index < -0.39 is 5.91 Å². The predicted molar refractivity (Wildman–Crippen MR) is 74.9 cm³/mol. The van der Waals surface area contributed by atoms with Crippen LogP contribution < -0.4 is 16.4 Å². The van der Waals surface area contributed by atoms with Crippen molar-refractivity contribution in [3.63, 3.8) is 0 Å². The lowest BCUT2D eigenvalue weighted by Crippen LogP contribution is -2.22. The van der Waals surface area contributed by atoms with Gasteiger partial charge in [0.1, 0.15) is 11.5 Å². The van der Waals surface area contributed by atoms with Crippen LogP contribution in [0.25, 0.3) is 0 Å². The van der Waals surface area contributed by atoms with Crippen molar-refractivity contribution in [3.05, 3.63) is 47.4 Å². The summed E-state index contributed by atoms with van der Waals surface area (Å²) in [5.41, 5.74) is 12.7. The summed E-state index contributed by atoms with van der Waals surface area (Å²) in [7, 11) is 1.87. The van der Waals surface area contributed by atoms with E-state index in [1.165, 1.54) is 0 Å². The van der Waals surface area contributed by atoms with Crippen molar-refractivity contribution in [2.24, 2.45) is 5.73 Å². The molecule has 2 aromatic rings. The van der Waals surface area contributed by atoms with Gasteiger partial charge >= 0.3 is 0 Å². The number of anilines is 2. The van der Waals surface area contributed by atoms with Crippen molar-refractivity contribution >= 4 is 17.3 Å². The Kier molecular flexibility index (Phi) is 3.46. The number of rotatable bonds is 4. The standard InChI is InChI=1S/C14H17N3O2/c1-9-3-5-11(19-9)8-17(2)13-6-4-10(15)7-12(13)14(16)18/h3-7H,8,15H2,1-2H3,(H2,16,18). The first kappa shape index (κ1) is 13.0. The molecule has 4 N–H and O–H groups in total. The zero-order chi connectivity index (χ0) is 14.0. The summed E-state index contributed by atoms with van der Waals surface area (Å²) < 4.78 is 5.52. The first-order valence-corrected chi connectivity index (χ1v) is 5.93. The third kappa shape index (κ3) is 2.88. The van der Waals surface area contributed by atoms with Gasteiger partial charge in [-0.1, -0.05) is 0 Å². The molecule has 0 radical (unpaired) electrons. The van der Waals surface area contributed by atoms with Crippen molar-refractivity contribution < 1.29 is 9.21 Å². The van der Waals surface area contributed by atoms with Gasteiger partial charge in [0.25, 0.3) is 5.91 Å². The lowest BCUT2D eigenvalue weighted by molar-refractivity contribution is 0.100. The Hall–Kier alpha value is -2.43. The summed E-state index contributed by atoms with van der Waals surface area (Å²) in [6.45, 7) is 2.44. The molecule has 0 aliphatic rings. The molecule has 19 heavy (non-hydrogen) atoms. The number of furan rings is 1. The highest BCUT2D eigenvalue weighted by atomic mass is 16.3. The number of carbonyl (C=O) groups is 1. The second-order valence-corrected chi connectivity index (χ2v) is 4.51. The maximum atomic E-state index is 11.5. The first-order valence-electron chi connectivity index (χ1n) is 5.93. The normalized spacial score (nSPS) is 10.4. The molecular formula is C14H17N3O2. The topological polar surface area (TPSA) is 85.5 Å². The summed E-state index contributed by atoms with van der Waals surface area (Å²) >= 11 is 0. The lowest BCUT2D eigenvalue weighted by atomic mass is 10.1. The van der Waals surface area contributed by atoms with Crippen molar-refractivity contribution in [2.45, 2.75) is 13.5 Å². The monoisotopic (exact) mass is 259 g/mol. The molecule has 0 bridgehead atoms. The van der Waals surface area contributed by atoms with Gasteiger partial charge in [0.2, 0.25) is 0 Å². The predicted octanol–water partition coefficient (Wildman–Crippen LogP) is 1.91. The van der Waals surface area contributed by atoms with Crippen LogP contribution in [0.2, 0.25) is 0 Å². The Bertz CT molecular complexity index is 604. The Balaban J connectivity index is 2.28. The molecule has 1 heterocycles. The molecule has 5 nitrogen and oxygen atoms in total. The van der Waals surface area contributed by atoms with Crippen LogP contribution in [0.15, 0.2) is 34.7 Å². The third-order valence-electron chi connectivity index (χ3n) is 2.89. The van der Waals surface area contributed by atoms with E-state index in [4.69, 9.17) is 15.9 Å². The van der Waals surface area contributed by atoms with E-state index >= 15 is 0 Å². The zero-order valence-electron chi connectivity index (χ0n) is 11.0. The van der Waals surface area contributed by atoms with Crippen LogP contribution in [-0.2, 0) is 6.54 Å². The fourth-order valence-electron chi connectivity index (χ4n) is 1.97. The molecule has 1 aromatic carbocycles. The van der Waals surface area contributed by atoms with Crippen LogP contribution in [0.5, 0.6) is 0 Å². The number of primary amides is 1. The SMILES string of the molecule is Cc1ccc(CN(C)c2ccc(N)cc2C(N)=O)o1. The average Bonchev–Trinajstić information content (AvgIpc) is 2.74. The number of aryl methyl sites for hydroxylation is 1. The summed E-state index contributed by atoms with van der Waals surface area (Å²) in [4.78, 5) is 13.4. The number of amides is 1. The van der Waals surface area contributed by atoms with Gasteiger partial charge in [0, 0.05) is 18.4 Å². The van der Waals surface area contributed by atoms with Crippen LogP contribution in [0, 0.1) is 6.92 Å². The zero-order valence-corrected chi connectivity index (χ0v) is 11.0. The highest BCUT2D eigenvalue weighted by Gasteiger charge is 2.13. The van der Waals surface area contributed by atoms with Crippen LogP contribution >= 0.6 is 0 Å². The smallest absolute Gasteiger partial charge is 0.250 e. The summed E-state index contributed by atoms with van der Waals surface area (Å²) in [5.74, 6) is 1.19. The molecule has 0 saturated heterocycles. The second-order valence-electron chi connectivity index (χ2n) is 4.51. The largest absolute Gasteiger partial charge is 0.464 e. The molecule has 1 amide bonds. The molecule has 0 unspecified atom stereocenters. The van der Waals surface area contributed by atoms with Crippen molar-refractivity contribution in [1.29, 1.82) is 0 Å². The van der Waals surface area contributed by atoms with Gasteiger partial charge in [-0.25, -0.2) is 0 Å². The minimum Gasteiger partial charge on any atom is -0.464 e. The molecular weight excluding hydrogens is 242 g/mol. The molecule has 0 aliphatic heterocycles. The minimum atomic E-state index is -0.496.